The van der Waals surface area contributed by atoms with Crippen molar-refractivity contribution in [3.8, 4) is 11.3 Å². The van der Waals surface area contributed by atoms with Gasteiger partial charge in [-0.1, -0.05) is 12.1 Å². The number of benzene rings is 1. The Kier molecular flexibility index (Phi) is 4.88. The van der Waals surface area contributed by atoms with Gasteiger partial charge in [0.2, 0.25) is 0 Å². The van der Waals surface area contributed by atoms with Gasteiger partial charge in [-0.3, -0.25) is 0 Å². The van der Waals surface area contributed by atoms with Crippen LogP contribution in [0.3, 0.4) is 0 Å². The lowest BCUT2D eigenvalue weighted by Crippen LogP contribution is -2.26. The Hall–Kier alpha value is -2.97. The summed E-state index contributed by atoms with van der Waals surface area (Å²) < 4.78 is 1.74. The fraction of sp³-hybridized carbons (Fsp3) is 0.318. The molecule has 0 aliphatic heterocycles. The molecule has 5 rings (SSSR count). The van der Waals surface area contributed by atoms with Gasteiger partial charge in [-0.15, -0.1) is 16.4 Å². The van der Waals surface area contributed by atoms with Gasteiger partial charge in [0.15, 0.2) is 5.65 Å². The Labute approximate surface area is 179 Å². The van der Waals surface area contributed by atoms with Crippen molar-refractivity contribution >= 4 is 34.2 Å². The van der Waals surface area contributed by atoms with E-state index in [0.29, 0.717) is 11.7 Å². The maximum atomic E-state index is 6.43. The van der Waals surface area contributed by atoms with Crippen LogP contribution >= 0.6 is 11.3 Å². The molecule has 0 bridgehead atoms. The molecule has 1 fully saturated rings. The summed E-state index contributed by atoms with van der Waals surface area (Å²) in [7, 11) is 0. The van der Waals surface area contributed by atoms with E-state index in [2.05, 4.69) is 50.0 Å². The average molecular weight is 420 g/mol. The van der Waals surface area contributed by atoms with Gasteiger partial charge < -0.3 is 16.8 Å². The van der Waals surface area contributed by atoms with Gasteiger partial charge >= 0.3 is 0 Å². The van der Waals surface area contributed by atoms with Crippen LogP contribution in [-0.2, 0) is 0 Å². The number of hydrogen-bond acceptors (Lipinski definition) is 7. The first-order chi connectivity index (χ1) is 14.6. The molecule has 5 N–H and O–H groups in total. The average Bonchev–Trinajstić information content (AvgIpc) is 3.38. The van der Waals surface area contributed by atoms with Crippen LogP contribution in [0.25, 0.3) is 16.9 Å². The molecule has 154 valence electrons. The second-order valence-electron chi connectivity index (χ2n) is 7.94. The fourth-order valence-corrected chi connectivity index (χ4v) is 4.91. The smallest absolute Gasteiger partial charge is 0.177 e. The van der Waals surface area contributed by atoms with E-state index < -0.39 is 0 Å². The van der Waals surface area contributed by atoms with E-state index in [4.69, 9.17) is 11.5 Å². The highest BCUT2D eigenvalue weighted by Crippen LogP contribution is 2.41. The molecule has 1 saturated carbocycles. The van der Waals surface area contributed by atoms with Gasteiger partial charge in [0.05, 0.1) is 16.4 Å². The van der Waals surface area contributed by atoms with Crippen molar-refractivity contribution in [2.75, 3.05) is 11.1 Å². The van der Waals surface area contributed by atoms with E-state index in [9.17, 15) is 0 Å². The highest BCUT2D eigenvalue weighted by atomic mass is 32.1. The minimum absolute atomic E-state index is 0.281. The summed E-state index contributed by atoms with van der Waals surface area (Å²) in [5.74, 6) is 0.886. The van der Waals surface area contributed by atoms with Crippen molar-refractivity contribution in [1.29, 1.82) is 0 Å². The van der Waals surface area contributed by atoms with Crippen molar-refractivity contribution in [2.24, 2.45) is 5.73 Å². The van der Waals surface area contributed by atoms with Gasteiger partial charge in [0, 0.05) is 40.6 Å². The minimum Gasteiger partial charge on any atom is -0.382 e. The first-order valence-electron chi connectivity index (χ1n) is 10.3. The molecule has 0 amide bonds. The molecule has 7 nitrogen and oxygen atoms in total. The molecule has 1 aliphatic carbocycles. The molecule has 4 aromatic rings. The van der Waals surface area contributed by atoms with Gasteiger partial charge in [-0.05, 0) is 50.7 Å². The number of anilines is 3. The maximum Gasteiger partial charge on any atom is 0.177 e. The van der Waals surface area contributed by atoms with Crippen molar-refractivity contribution in [2.45, 2.75) is 44.6 Å². The third-order valence-corrected chi connectivity index (χ3v) is 6.63. The zero-order valence-corrected chi connectivity index (χ0v) is 17.7. The van der Waals surface area contributed by atoms with Gasteiger partial charge in [0.1, 0.15) is 5.82 Å². The lowest BCUT2D eigenvalue weighted by Gasteiger charge is -2.28. The van der Waals surface area contributed by atoms with E-state index in [1.807, 2.05) is 13.1 Å². The first kappa shape index (κ1) is 19.0. The molecular weight excluding hydrogens is 394 g/mol. The quantitative estimate of drug-likeness (QED) is 0.450. The van der Waals surface area contributed by atoms with Gasteiger partial charge in [0.25, 0.3) is 0 Å². The number of nitrogens with two attached hydrogens (primary N) is 2. The SMILES string of the molecule is Cc1nc(-c2ccc(Nc3c(C4CCC(N)CC4)c(N)nn4ccnc34)cc2)cs1. The van der Waals surface area contributed by atoms with Crippen LogP contribution in [0.2, 0.25) is 0 Å². The number of nitrogens with zero attached hydrogens (tertiary/aromatic N) is 4. The number of nitrogens with one attached hydrogen (secondary N) is 1. The molecule has 0 saturated heterocycles. The Morgan fingerprint density at radius 3 is 2.60 bits per heavy atom. The summed E-state index contributed by atoms with van der Waals surface area (Å²) in [5, 5.41) is 11.3. The molecule has 0 atom stereocenters. The van der Waals surface area contributed by atoms with Gasteiger partial charge in [-0.2, -0.15) is 0 Å². The van der Waals surface area contributed by atoms with E-state index in [1.54, 1.807) is 22.0 Å². The number of thiazole rings is 1. The summed E-state index contributed by atoms with van der Waals surface area (Å²) >= 11 is 1.66. The summed E-state index contributed by atoms with van der Waals surface area (Å²) in [6.45, 7) is 2.02. The van der Waals surface area contributed by atoms with Crippen LogP contribution in [0.4, 0.5) is 17.2 Å². The largest absolute Gasteiger partial charge is 0.382 e. The standard InChI is InChI=1S/C22H25N7S/c1-13-26-18(12-30-13)14-4-8-17(9-5-14)27-20-19(15-2-6-16(23)7-3-15)21(24)28-29-11-10-25-22(20)29/h4-5,8-12,15-16,27H,2-3,6-7,23H2,1H3,(H2,24,28). The number of rotatable bonds is 4. The molecule has 0 radical (unpaired) electrons. The summed E-state index contributed by atoms with van der Waals surface area (Å²) in [6.07, 6.45) is 7.61. The Bertz CT molecular complexity index is 1170. The van der Waals surface area contributed by atoms with E-state index in [1.165, 1.54) is 0 Å². The van der Waals surface area contributed by atoms with Crippen LogP contribution in [0, 0.1) is 6.92 Å². The van der Waals surface area contributed by atoms with E-state index in [-0.39, 0.29) is 6.04 Å². The molecule has 0 spiro atoms. The lowest BCUT2D eigenvalue weighted by atomic mass is 9.81. The zero-order valence-electron chi connectivity index (χ0n) is 16.9. The second kappa shape index (κ2) is 7.70. The number of imidazole rings is 1. The molecular formula is C22H25N7S. The molecule has 3 heterocycles. The third kappa shape index (κ3) is 3.53. The topological polar surface area (TPSA) is 107 Å². The van der Waals surface area contributed by atoms with Gasteiger partial charge in [-0.25, -0.2) is 14.5 Å². The summed E-state index contributed by atoms with van der Waals surface area (Å²) in [4.78, 5) is 9.11. The van der Waals surface area contributed by atoms with Crippen molar-refractivity contribution < 1.29 is 0 Å². The van der Waals surface area contributed by atoms with Crippen molar-refractivity contribution in [3.63, 3.8) is 0 Å². The van der Waals surface area contributed by atoms with Crippen LogP contribution in [0.5, 0.6) is 0 Å². The van der Waals surface area contributed by atoms with Crippen LogP contribution in [0.15, 0.2) is 42.0 Å². The van der Waals surface area contributed by atoms with Crippen molar-refractivity contribution in [1.82, 2.24) is 19.6 Å². The predicted octanol–water partition coefficient (Wildman–Crippen LogP) is 4.47. The first-order valence-corrected chi connectivity index (χ1v) is 11.1. The second-order valence-corrected chi connectivity index (χ2v) is 9.00. The minimum atomic E-state index is 0.281. The zero-order chi connectivity index (χ0) is 20.7. The normalized spacial score (nSPS) is 19.3. The number of fused-ring (bicyclic) bond motifs is 1. The van der Waals surface area contributed by atoms with E-state index >= 15 is 0 Å². The van der Waals surface area contributed by atoms with E-state index in [0.717, 1.165) is 64.5 Å². The highest BCUT2D eigenvalue weighted by Gasteiger charge is 2.27. The third-order valence-electron chi connectivity index (χ3n) is 5.86. The van der Waals surface area contributed by atoms with Crippen LogP contribution < -0.4 is 16.8 Å². The Morgan fingerprint density at radius 2 is 1.90 bits per heavy atom. The molecule has 30 heavy (non-hydrogen) atoms. The summed E-state index contributed by atoms with van der Waals surface area (Å²) in [6, 6.07) is 8.60. The number of hydrogen-bond donors (Lipinski definition) is 3. The van der Waals surface area contributed by atoms with Crippen LogP contribution in [-0.4, -0.2) is 25.6 Å². The number of aryl methyl sites for hydroxylation is 1. The molecule has 0 unspecified atom stereocenters. The maximum absolute atomic E-state index is 6.43. The van der Waals surface area contributed by atoms with Crippen molar-refractivity contribution in [3.05, 3.63) is 52.6 Å². The molecule has 1 aromatic carbocycles. The monoisotopic (exact) mass is 419 g/mol. The van der Waals surface area contributed by atoms with Crippen LogP contribution in [0.1, 0.15) is 42.2 Å². The summed E-state index contributed by atoms with van der Waals surface area (Å²) in [5.41, 5.74) is 18.4. The lowest BCUT2D eigenvalue weighted by molar-refractivity contribution is 0.396. The fourth-order valence-electron chi connectivity index (χ4n) is 4.28. The number of nitrogen functional groups attached to an aromatic ring is 1. The Balaban J connectivity index is 1.51. The number of aromatic nitrogens is 4. The molecule has 3 aromatic heterocycles. The molecule has 1 aliphatic rings. The molecule has 8 heteroatoms. The highest BCUT2D eigenvalue weighted by molar-refractivity contribution is 7.09. The Morgan fingerprint density at radius 1 is 1.13 bits per heavy atom. The predicted molar refractivity (Wildman–Crippen MR) is 122 cm³/mol.